The quantitative estimate of drug-likeness (QED) is 0.736. The minimum Gasteiger partial charge on any atom is -0.372 e. The summed E-state index contributed by atoms with van der Waals surface area (Å²) in [7, 11) is 0. The average Bonchev–Trinajstić information content (AvgIpc) is 2.38. The molecule has 1 fully saturated rings. The molecule has 0 aliphatic heterocycles. The van der Waals surface area contributed by atoms with Gasteiger partial charge in [0.2, 0.25) is 5.91 Å². The summed E-state index contributed by atoms with van der Waals surface area (Å²) in [5.74, 6) is 0.132. The fourth-order valence-corrected chi connectivity index (χ4v) is 2.44. The summed E-state index contributed by atoms with van der Waals surface area (Å²) < 4.78 is 5.22. The molecule has 0 radical (unpaired) electrons. The molecule has 0 aromatic heterocycles. The number of nitrogens with zero attached hydrogens (tertiary/aromatic N) is 1. The largest absolute Gasteiger partial charge is 0.372 e. The molecule has 1 aliphatic carbocycles. The standard InChI is InChI=1S/C13H26N2O2/c1-2-17-11-13(16)15(10-6-9-14)12-7-4-3-5-8-12/h12H,2-11,14H2,1H3. The van der Waals surface area contributed by atoms with Crippen molar-refractivity contribution in [3.8, 4) is 0 Å². The molecule has 0 saturated heterocycles. The molecular weight excluding hydrogens is 216 g/mol. The first kappa shape index (κ1) is 14.5. The van der Waals surface area contributed by atoms with Gasteiger partial charge in [0.15, 0.2) is 0 Å². The molecule has 1 saturated carbocycles. The van der Waals surface area contributed by atoms with E-state index in [1.807, 2.05) is 11.8 Å². The predicted molar refractivity (Wildman–Crippen MR) is 68.8 cm³/mol. The number of carbonyl (C=O) groups is 1. The smallest absolute Gasteiger partial charge is 0.248 e. The lowest BCUT2D eigenvalue weighted by atomic mass is 9.94. The number of nitrogens with two attached hydrogens (primary N) is 1. The van der Waals surface area contributed by atoms with Crippen molar-refractivity contribution >= 4 is 5.91 Å². The van der Waals surface area contributed by atoms with Crippen LogP contribution in [0.25, 0.3) is 0 Å². The maximum atomic E-state index is 12.1. The van der Waals surface area contributed by atoms with Crippen molar-refractivity contribution in [1.29, 1.82) is 0 Å². The van der Waals surface area contributed by atoms with Crippen LogP contribution in [0.1, 0.15) is 45.4 Å². The Morgan fingerprint density at radius 3 is 2.65 bits per heavy atom. The molecule has 0 aromatic carbocycles. The van der Waals surface area contributed by atoms with Crippen LogP contribution in [0.4, 0.5) is 0 Å². The van der Waals surface area contributed by atoms with Crippen molar-refractivity contribution in [3.05, 3.63) is 0 Å². The average molecular weight is 242 g/mol. The van der Waals surface area contributed by atoms with E-state index in [1.54, 1.807) is 0 Å². The fraction of sp³-hybridized carbons (Fsp3) is 0.923. The third-order valence-corrected chi connectivity index (χ3v) is 3.37. The third kappa shape index (κ3) is 5.04. The Morgan fingerprint density at radius 1 is 1.35 bits per heavy atom. The molecule has 0 bridgehead atoms. The van der Waals surface area contributed by atoms with Gasteiger partial charge >= 0.3 is 0 Å². The van der Waals surface area contributed by atoms with E-state index in [4.69, 9.17) is 10.5 Å². The molecule has 2 N–H and O–H groups in total. The van der Waals surface area contributed by atoms with Crippen LogP contribution in [0.3, 0.4) is 0 Å². The Hall–Kier alpha value is -0.610. The van der Waals surface area contributed by atoms with Gasteiger partial charge in [0, 0.05) is 19.2 Å². The van der Waals surface area contributed by atoms with E-state index < -0.39 is 0 Å². The highest BCUT2D eigenvalue weighted by molar-refractivity contribution is 5.77. The van der Waals surface area contributed by atoms with E-state index in [0.29, 0.717) is 19.2 Å². The summed E-state index contributed by atoms with van der Waals surface area (Å²) >= 11 is 0. The molecule has 1 amide bonds. The zero-order valence-electron chi connectivity index (χ0n) is 11.0. The monoisotopic (exact) mass is 242 g/mol. The van der Waals surface area contributed by atoms with Crippen LogP contribution < -0.4 is 5.73 Å². The topological polar surface area (TPSA) is 55.6 Å². The van der Waals surface area contributed by atoms with Crippen molar-refractivity contribution in [2.45, 2.75) is 51.5 Å². The molecule has 4 heteroatoms. The lowest BCUT2D eigenvalue weighted by molar-refractivity contribution is -0.139. The molecule has 0 spiro atoms. The van der Waals surface area contributed by atoms with Gasteiger partial charge < -0.3 is 15.4 Å². The van der Waals surface area contributed by atoms with Crippen LogP contribution in [0, 0.1) is 0 Å². The Labute approximate surface area is 104 Å². The highest BCUT2D eigenvalue weighted by Crippen LogP contribution is 2.22. The van der Waals surface area contributed by atoms with Crippen molar-refractivity contribution in [2.75, 3.05) is 26.3 Å². The fourth-order valence-electron chi connectivity index (χ4n) is 2.44. The predicted octanol–water partition coefficient (Wildman–Crippen LogP) is 1.53. The van der Waals surface area contributed by atoms with Gasteiger partial charge in [-0.3, -0.25) is 4.79 Å². The number of hydrogen-bond acceptors (Lipinski definition) is 3. The molecule has 1 aliphatic rings. The van der Waals surface area contributed by atoms with Crippen LogP contribution >= 0.6 is 0 Å². The maximum Gasteiger partial charge on any atom is 0.248 e. The lowest BCUT2D eigenvalue weighted by Crippen LogP contribution is -2.44. The summed E-state index contributed by atoms with van der Waals surface area (Å²) in [6, 6.07) is 0.420. The molecule has 0 heterocycles. The van der Waals surface area contributed by atoms with Gasteiger partial charge in [0.05, 0.1) is 0 Å². The van der Waals surface area contributed by atoms with Crippen LogP contribution in [-0.4, -0.2) is 43.2 Å². The van der Waals surface area contributed by atoms with Crippen molar-refractivity contribution in [2.24, 2.45) is 5.73 Å². The normalized spacial score (nSPS) is 17.1. The second kappa shape index (κ2) is 8.48. The van der Waals surface area contributed by atoms with Gasteiger partial charge in [-0.25, -0.2) is 0 Å². The van der Waals surface area contributed by atoms with E-state index in [-0.39, 0.29) is 12.5 Å². The number of hydrogen-bond donors (Lipinski definition) is 1. The summed E-state index contributed by atoms with van der Waals surface area (Å²) in [6.07, 6.45) is 6.96. The zero-order chi connectivity index (χ0) is 12.5. The first-order valence-electron chi connectivity index (χ1n) is 6.86. The first-order valence-corrected chi connectivity index (χ1v) is 6.86. The van der Waals surface area contributed by atoms with Crippen LogP contribution in [0.15, 0.2) is 0 Å². The molecule has 0 aromatic rings. The zero-order valence-corrected chi connectivity index (χ0v) is 11.0. The molecular formula is C13H26N2O2. The number of amides is 1. The number of ether oxygens (including phenoxy) is 1. The van der Waals surface area contributed by atoms with Gasteiger partial charge in [0.1, 0.15) is 6.61 Å². The molecule has 0 unspecified atom stereocenters. The van der Waals surface area contributed by atoms with Crippen molar-refractivity contribution < 1.29 is 9.53 Å². The summed E-state index contributed by atoms with van der Waals surface area (Å²) in [4.78, 5) is 14.1. The van der Waals surface area contributed by atoms with E-state index >= 15 is 0 Å². The molecule has 17 heavy (non-hydrogen) atoms. The van der Waals surface area contributed by atoms with Gasteiger partial charge in [0.25, 0.3) is 0 Å². The SMILES string of the molecule is CCOCC(=O)N(CCCN)C1CCCCC1. The first-order chi connectivity index (χ1) is 8.29. The summed E-state index contributed by atoms with van der Waals surface area (Å²) in [5, 5.41) is 0. The third-order valence-electron chi connectivity index (χ3n) is 3.37. The second-order valence-electron chi connectivity index (χ2n) is 4.66. The van der Waals surface area contributed by atoms with E-state index in [0.717, 1.165) is 25.8 Å². The van der Waals surface area contributed by atoms with Crippen LogP contribution in [-0.2, 0) is 9.53 Å². The Bertz CT molecular complexity index is 215. The Morgan fingerprint density at radius 2 is 2.06 bits per heavy atom. The highest BCUT2D eigenvalue weighted by Gasteiger charge is 2.24. The Balaban J connectivity index is 2.48. The van der Waals surface area contributed by atoms with Gasteiger partial charge in [-0.05, 0) is 32.7 Å². The van der Waals surface area contributed by atoms with Gasteiger partial charge in [-0.15, -0.1) is 0 Å². The molecule has 1 rings (SSSR count). The van der Waals surface area contributed by atoms with Crippen LogP contribution in [0.5, 0.6) is 0 Å². The van der Waals surface area contributed by atoms with E-state index in [1.165, 1.54) is 19.3 Å². The Kier molecular flexibility index (Phi) is 7.21. The lowest BCUT2D eigenvalue weighted by Gasteiger charge is -2.34. The minimum absolute atomic E-state index is 0.132. The van der Waals surface area contributed by atoms with E-state index in [9.17, 15) is 4.79 Å². The molecule has 100 valence electrons. The highest BCUT2D eigenvalue weighted by atomic mass is 16.5. The number of rotatable bonds is 7. The second-order valence-corrected chi connectivity index (χ2v) is 4.66. The van der Waals surface area contributed by atoms with Crippen LogP contribution in [0.2, 0.25) is 0 Å². The summed E-state index contributed by atoms with van der Waals surface area (Å²) in [5.41, 5.74) is 5.54. The van der Waals surface area contributed by atoms with E-state index in [2.05, 4.69) is 0 Å². The van der Waals surface area contributed by atoms with Gasteiger partial charge in [-0.2, -0.15) is 0 Å². The van der Waals surface area contributed by atoms with Gasteiger partial charge in [-0.1, -0.05) is 19.3 Å². The van der Waals surface area contributed by atoms with Crippen molar-refractivity contribution in [1.82, 2.24) is 4.90 Å². The summed E-state index contributed by atoms with van der Waals surface area (Å²) in [6.45, 7) is 4.16. The molecule has 4 nitrogen and oxygen atoms in total. The maximum absolute atomic E-state index is 12.1. The minimum atomic E-state index is 0.132. The number of carbonyl (C=O) groups excluding carboxylic acids is 1. The molecule has 0 atom stereocenters. The van der Waals surface area contributed by atoms with Crippen molar-refractivity contribution in [3.63, 3.8) is 0 Å².